The topological polar surface area (TPSA) is 105 Å². The number of nitrogens with zero attached hydrogens (tertiary/aromatic N) is 1. The third-order valence-electron chi connectivity index (χ3n) is 5.63. The summed E-state index contributed by atoms with van der Waals surface area (Å²) in [4.78, 5) is 24.3. The maximum Gasteiger partial charge on any atom is 0.313 e. The SMILES string of the molecule is COc1ccc(NC(=O)C(=O)NCC[C@@H]2CCCCN2S(=O)(=O)c2ccc(F)c(C)c2)cc1. The molecule has 10 heteroatoms. The molecule has 0 unspecified atom stereocenters. The fraction of sp³-hybridized carbons (Fsp3) is 0.391. The minimum atomic E-state index is -3.80. The van der Waals surface area contributed by atoms with E-state index in [-0.39, 0.29) is 23.0 Å². The lowest BCUT2D eigenvalue weighted by Gasteiger charge is -2.34. The number of sulfonamides is 1. The standard InChI is InChI=1S/C23H28FN3O5S/c1-16-15-20(10-11-21(16)24)33(30,31)27-14-4-3-5-18(27)12-13-25-22(28)23(29)26-17-6-8-19(32-2)9-7-17/h6-11,15,18H,3-5,12-14H2,1-2H3,(H,25,28)(H,26,29)/t18-/m0/s1. The van der Waals surface area contributed by atoms with Crippen molar-refractivity contribution in [1.29, 1.82) is 0 Å². The van der Waals surface area contributed by atoms with Crippen molar-refractivity contribution >= 4 is 27.5 Å². The van der Waals surface area contributed by atoms with Crippen LogP contribution in [0.2, 0.25) is 0 Å². The maximum atomic E-state index is 13.6. The van der Waals surface area contributed by atoms with Crippen LogP contribution >= 0.6 is 0 Å². The number of piperidine rings is 1. The molecule has 0 spiro atoms. The Hall–Kier alpha value is -2.98. The van der Waals surface area contributed by atoms with Gasteiger partial charge in [0.25, 0.3) is 0 Å². The van der Waals surface area contributed by atoms with Gasteiger partial charge in [-0.3, -0.25) is 9.59 Å². The second-order valence-corrected chi connectivity index (χ2v) is 9.79. The quantitative estimate of drug-likeness (QED) is 0.597. The van der Waals surface area contributed by atoms with Crippen LogP contribution in [0.5, 0.6) is 5.75 Å². The van der Waals surface area contributed by atoms with Crippen LogP contribution in [0.25, 0.3) is 0 Å². The first kappa shape index (κ1) is 24.7. The van der Waals surface area contributed by atoms with Crippen LogP contribution < -0.4 is 15.4 Å². The molecule has 1 atom stereocenters. The molecule has 1 aliphatic rings. The van der Waals surface area contributed by atoms with Gasteiger partial charge in [0.2, 0.25) is 10.0 Å². The third kappa shape index (κ3) is 6.08. The molecule has 0 aliphatic carbocycles. The number of amides is 2. The van der Waals surface area contributed by atoms with Gasteiger partial charge >= 0.3 is 11.8 Å². The first-order valence-electron chi connectivity index (χ1n) is 10.7. The van der Waals surface area contributed by atoms with E-state index in [0.717, 1.165) is 18.9 Å². The summed E-state index contributed by atoms with van der Waals surface area (Å²) in [5, 5.41) is 5.06. The van der Waals surface area contributed by atoms with Crippen molar-refractivity contribution in [2.75, 3.05) is 25.5 Å². The van der Waals surface area contributed by atoms with Crippen LogP contribution in [0, 0.1) is 12.7 Å². The van der Waals surface area contributed by atoms with Gasteiger partial charge in [0.15, 0.2) is 0 Å². The van der Waals surface area contributed by atoms with Crippen molar-refractivity contribution in [3.63, 3.8) is 0 Å². The van der Waals surface area contributed by atoms with Gasteiger partial charge in [-0.15, -0.1) is 0 Å². The van der Waals surface area contributed by atoms with Gasteiger partial charge in [0.05, 0.1) is 12.0 Å². The predicted octanol–water partition coefficient (Wildman–Crippen LogP) is 2.83. The minimum Gasteiger partial charge on any atom is -0.497 e. The number of anilines is 1. The Labute approximate surface area is 193 Å². The van der Waals surface area contributed by atoms with E-state index in [2.05, 4.69) is 10.6 Å². The monoisotopic (exact) mass is 477 g/mol. The van der Waals surface area contributed by atoms with E-state index in [1.54, 1.807) is 24.3 Å². The van der Waals surface area contributed by atoms with Crippen LogP contribution in [-0.2, 0) is 19.6 Å². The summed E-state index contributed by atoms with van der Waals surface area (Å²) in [5.41, 5.74) is 0.717. The normalized spacial score (nSPS) is 16.8. The van der Waals surface area contributed by atoms with Gasteiger partial charge in [0, 0.05) is 24.8 Å². The lowest BCUT2D eigenvalue weighted by molar-refractivity contribution is -0.136. The summed E-state index contributed by atoms with van der Waals surface area (Å²) in [7, 11) is -2.27. The summed E-state index contributed by atoms with van der Waals surface area (Å²) in [5.74, 6) is -1.44. The molecule has 33 heavy (non-hydrogen) atoms. The van der Waals surface area contributed by atoms with Crippen LogP contribution in [0.15, 0.2) is 47.4 Å². The maximum absolute atomic E-state index is 13.6. The van der Waals surface area contributed by atoms with E-state index < -0.39 is 27.7 Å². The van der Waals surface area contributed by atoms with E-state index in [4.69, 9.17) is 4.74 Å². The van der Waals surface area contributed by atoms with E-state index in [1.807, 2.05) is 0 Å². The third-order valence-corrected chi connectivity index (χ3v) is 7.57. The second kappa shape index (κ2) is 10.8. The molecule has 0 saturated carbocycles. The second-order valence-electron chi connectivity index (χ2n) is 7.90. The number of hydrogen-bond acceptors (Lipinski definition) is 5. The molecular weight excluding hydrogens is 449 g/mol. The Bertz CT molecular complexity index is 1110. The highest BCUT2D eigenvalue weighted by Gasteiger charge is 2.33. The average molecular weight is 478 g/mol. The van der Waals surface area contributed by atoms with Crippen molar-refractivity contribution in [3.05, 3.63) is 53.8 Å². The zero-order chi connectivity index (χ0) is 24.0. The average Bonchev–Trinajstić information content (AvgIpc) is 2.81. The molecule has 2 aromatic carbocycles. The van der Waals surface area contributed by atoms with Gasteiger partial charge < -0.3 is 15.4 Å². The zero-order valence-electron chi connectivity index (χ0n) is 18.6. The molecule has 178 valence electrons. The summed E-state index contributed by atoms with van der Waals surface area (Å²) >= 11 is 0. The first-order valence-corrected chi connectivity index (χ1v) is 12.2. The largest absolute Gasteiger partial charge is 0.497 e. The van der Waals surface area contributed by atoms with Gasteiger partial charge in [-0.25, -0.2) is 12.8 Å². The molecule has 2 amide bonds. The van der Waals surface area contributed by atoms with E-state index in [1.165, 1.54) is 30.5 Å². The Morgan fingerprint density at radius 2 is 1.85 bits per heavy atom. The smallest absolute Gasteiger partial charge is 0.313 e. The van der Waals surface area contributed by atoms with Crippen molar-refractivity contribution < 1.29 is 27.1 Å². The molecule has 3 rings (SSSR count). The lowest BCUT2D eigenvalue weighted by Crippen LogP contribution is -2.45. The number of ether oxygens (including phenoxy) is 1. The van der Waals surface area contributed by atoms with Gasteiger partial charge in [-0.2, -0.15) is 4.31 Å². The number of aryl methyl sites for hydroxylation is 1. The molecule has 1 fully saturated rings. The predicted molar refractivity (Wildman–Crippen MR) is 122 cm³/mol. The summed E-state index contributed by atoms with van der Waals surface area (Å²) in [6.07, 6.45) is 2.60. The number of carbonyl (C=O) groups is 2. The highest BCUT2D eigenvalue weighted by molar-refractivity contribution is 7.89. The first-order chi connectivity index (χ1) is 15.7. The summed E-state index contributed by atoms with van der Waals surface area (Å²) in [6.45, 7) is 2.03. The van der Waals surface area contributed by atoms with Crippen LogP contribution in [0.1, 0.15) is 31.2 Å². The van der Waals surface area contributed by atoms with Crippen LogP contribution in [0.4, 0.5) is 10.1 Å². The van der Waals surface area contributed by atoms with E-state index in [0.29, 0.717) is 30.8 Å². The number of hydrogen-bond donors (Lipinski definition) is 2. The Balaban J connectivity index is 1.57. The van der Waals surface area contributed by atoms with E-state index >= 15 is 0 Å². The number of benzene rings is 2. The molecular formula is C23H28FN3O5S. The Morgan fingerprint density at radius 3 is 2.52 bits per heavy atom. The molecule has 8 nitrogen and oxygen atoms in total. The highest BCUT2D eigenvalue weighted by Crippen LogP contribution is 2.27. The number of carbonyl (C=O) groups excluding carboxylic acids is 2. The van der Waals surface area contributed by atoms with Gasteiger partial charge in [-0.05, 0) is 74.2 Å². The summed E-state index contributed by atoms with van der Waals surface area (Å²) < 4.78 is 46.4. The van der Waals surface area contributed by atoms with Crippen molar-refractivity contribution in [1.82, 2.24) is 9.62 Å². The van der Waals surface area contributed by atoms with Crippen molar-refractivity contribution in [2.24, 2.45) is 0 Å². The molecule has 0 radical (unpaired) electrons. The molecule has 2 aromatic rings. The molecule has 1 aliphatic heterocycles. The molecule has 0 bridgehead atoms. The van der Waals surface area contributed by atoms with Crippen LogP contribution in [0.3, 0.4) is 0 Å². The van der Waals surface area contributed by atoms with Gasteiger partial charge in [-0.1, -0.05) is 6.42 Å². The lowest BCUT2D eigenvalue weighted by atomic mass is 10.0. The summed E-state index contributed by atoms with van der Waals surface area (Å²) in [6, 6.07) is 10.00. The highest BCUT2D eigenvalue weighted by atomic mass is 32.2. The molecule has 1 heterocycles. The van der Waals surface area contributed by atoms with Crippen LogP contribution in [-0.4, -0.2) is 50.8 Å². The molecule has 0 aromatic heterocycles. The Kier molecular flexibility index (Phi) is 8.04. The fourth-order valence-corrected chi connectivity index (χ4v) is 5.60. The number of nitrogens with one attached hydrogen (secondary N) is 2. The zero-order valence-corrected chi connectivity index (χ0v) is 19.5. The van der Waals surface area contributed by atoms with E-state index in [9.17, 15) is 22.4 Å². The Morgan fingerprint density at radius 1 is 1.12 bits per heavy atom. The molecule has 2 N–H and O–H groups in total. The van der Waals surface area contributed by atoms with Crippen molar-refractivity contribution in [2.45, 2.75) is 43.5 Å². The number of methoxy groups -OCH3 is 1. The van der Waals surface area contributed by atoms with Gasteiger partial charge in [0.1, 0.15) is 11.6 Å². The molecule has 1 saturated heterocycles. The number of rotatable bonds is 7. The number of halogens is 1. The fourth-order valence-electron chi connectivity index (χ4n) is 3.79. The van der Waals surface area contributed by atoms with Crippen molar-refractivity contribution in [3.8, 4) is 5.75 Å². The minimum absolute atomic E-state index is 0.0520.